The van der Waals surface area contributed by atoms with Gasteiger partial charge in [0.05, 0.1) is 11.2 Å². The minimum atomic E-state index is -3.55. The molecule has 0 saturated carbocycles. The third kappa shape index (κ3) is 3.52. The topological polar surface area (TPSA) is 91.9 Å². The van der Waals surface area contributed by atoms with Gasteiger partial charge < -0.3 is 4.98 Å². The van der Waals surface area contributed by atoms with Crippen molar-refractivity contribution >= 4 is 15.8 Å². The SMILES string of the molecule is CC(=O)c1ccc(S(=O)(=O)NCCc2cnc[nH]2)cc1. The zero-order valence-corrected chi connectivity index (χ0v) is 11.8. The number of nitrogens with one attached hydrogen (secondary N) is 2. The summed E-state index contributed by atoms with van der Waals surface area (Å²) < 4.78 is 26.5. The highest BCUT2D eigenvalue weighted by atomic mass is 32.2. The first-order chi connectivity index (χ1) is 9.49. The predicted molar refractivity (Wildman–Crippen MR) is 73.9 cm³/mol. The van der Waals surface area contributed by atoms with Crippen LogP contribution in [-0.4, -0.2) is 30.7 Å². The average molecular weight is 293 g/mol. The molecule has 0 radical (unpaired) electrons. The van der Waals surface area contributed by atoms with Crippen LogP contribution in [0.5, 0.6) is 0 Å². The maximum atomic E-state index is 12.0. The molecule has 0 saturated heterocycles. The van der Waals surface area contributed by atoms with Gasteiger partial charge in [0.25, 0.3) is 0 Å². The van der Waals surface area contributed by atoms with E-state index in [1.54, 1.807) is 12.5 Å². The number of carbonyl (C=O) groups excluding carboxylic acids is 1. The van der Waals surface area contributed by atoms with Crippen LogP contribution in [0.15, 0.2) is 41.7 Å². The molecule has 2 aromatic rings. The molecule has 0 amide bonds. The highest BCUT2D eigenvalue weighted by Crippen LogP contribution is 2.11. The van der Waals surface area contributed by atoms with E-state index in [4.69, 9.17) is 0 Å². The van der Waals surface area contributed by atoms with Crippen LogP contribution in [0, 0.1) is 0 Å². The molecule has 6 nitrogen and oxygen atoms in total. The van der Waals surface area contributed by atoms with Crippen molar-refractivity contribution in [1.29, 1.82) is 0 Å². The van der Waals surface area contributed by atoms with Crippen LogP contribution in [0.4, 0.5) is 0 Å². The van der Waals surface area contributed by atoms with Crippen LogP contribution in [-0.2, 0) is 16.4 Å². The average Bonchev–Trinajstić information content (AvgIpc) is 2.92. The van der Waals surface area contributed by atoms with Crippen LogP contribution in [0.1, 0.15) is 23.0 Å². The number of hydrogen-bond donors (Lipinski definition) is 2. The third-order valence-electron chi connectivity index (χ3n) is 2.81. The molecule has 0 atom stereocenters. The van der Waals surface area contributed by atoms with Gasteiger partial charge in [-0.05, 0) is 19.1 Å². The fourth-order valence-electron chi connectivity index (χ4n) is 1.69. The highest BCUT2D eigenvalue weighted by Gasteiger charge is 2.13. The second-order valence-corrected chi connectivity index (χ2v) is 6.07. The fraction of sp³-hybridized carbons (Fsp3) is 0.231. The fourth-order valence-corrected chi connectivity index (χ4v) is 2.73. The molecule has 0 unspecified atom stereocenters. The van der Waals surface area contributed by atoms with Crippen LogP contribution in [0.25, 0.3) is 0 Å². The smallest absolute Gasteiger partial charge is 0.240 e. The van der Waals surface area contributed by atoms with Crippen molar-refractivity contribution < 1.29 is 13.2 Å². The van der Waals surface area contributed by atoms with E-state index in [0.717, 1.165) is 5.69 Å². The van der Waals surface area contributed by atoms with Crippen molar-refractivity contribution in [1.82, 2.24) is 14.7 Å². The van der Waals surface area contributed by atoms with Crippen molar-refractivity contribution in [3.05, 3.63) is 48.0 Å². The number of hydrogen-bond acceptors (Lipinski definition) is 4. The molecular weight excluding hydrogens is 278 g/mol. The lowest BCUT2D eigenvalue weighted by Crippen LogP contribution is -2.26. The van der Waals surface area contributed by atoms with Crippen LogP contribution < -0.4 is 4.72 Å². The summed E-state index contributed by atoms with van der Waals surface area (Å²) in [4.78, 5) is 18.0. The summed E-state index contributed by atoms with van der Waals surface area (Å²) in [6.07, 6.45) is 3.73. The molecule has 1 aromatic heterocycles. The zero-order valence-electron chi connectivity index (χ0n) is 11.0. The number of imidazole rings is 1. The molecule has 1 aromatic carbocycles. The van der Waals surface area contributed by atoms with E-state index in [2.05, 4.69) is 14.7 Å². The lowest BCUT2D eigenvalue weighted by Gasteiger charge is -2.06. The first-order valence-electron chi connectivity index (χ1n) is 6.07. The summed E-state index contributed by atoms with van der Waals surface area (Å²) >= 11 is 0. The first-order valence-corrected chi connectivity index (χ1v) is 7.55. The van der Waals surface area contributed by atoms with Crippen LogP contribution in [0.2, 0.25) is 0 Å². The molecule has 0 fully saturated rings. The second-order valence-electron chi connectivity index (χ2n) is 4.31. The predicted octanol–water partition coefficient (Wildman–Crippen LogP) is 1.13. The third-order valence-corrected chi connectivity index (χ3v) is 4.29. The number of ketones is 1. The van der Waals surface area contributed by atoms with Gasteiger partial charge >= 0.3 is 0 Å². The standard InChI is InChI=1S/C13H15N3O3S/c1-10(17)11-2-4-13(5-3-11)20(18,19)16-7-6-12-8-14-9-15-12/h2-5,8-9,16H,6-7H2,1H3,(H,14,15). The van der Waals surface area contributed by atoms with Gasteiger partial charge in [0.2, 0.25) is 10.0 Å². The van der Waals surface area contributed by atoms with Crippen molar-refractivity contribution in [2.75, 3.05) is 6.54 Å². The molecule has 0 aliphatic rings. The Morgan fingerprint density at radius 2 is 2.00 bits per heavy atom. The second kappa shape index (κ2) is 5.98. The molecule has 2 N–H and O–H groups in total. The molecular formula is C13H15N3O3S. The number of benzene rings is 1. The summed E-state index contributed by atoms with van der Waals surface area (Å²) in [6.45, 7) is 1.71. The minimum absolute atomic E-state index is 0.0962. The number of H-pyrrole nitrogens is 1. The molecule has 2 rings (SSSR count). The van der Waals surface area contributed by atoms with E-state index in [1.165, 1.54) is 31.2 Å². The zero-order chi connectivity index (χ0) is 14.6. The number of carbonyl (C=O) groups is 1. The molecule has 1 heterocycles. The Hall–Kier alpha value is -1.99. The van der Waals surface area contributed by atoms with Gasteiger partial charge in [-0.1, -0.05) is 12.1 Å². The first kappa shape index (κ1) is 14.4. The van der Waals surface area contributed by atoms with Gasteiger partial charge in [0, 0.05) is 30.4 Å². The number of aromatic amines is 1. The monoisotopic (exact) mass is 293 g/mol. The number of rotatable bonds is 6. The van der Waals surface area contributed by atoms with Gasteiger partial charge in [-0.3, -0.25) is 4.79 Å². The van der Waals surface area contributed by atoms with Gasteiger partial charge in [-0.2, -0.15) is 0 Å². The van der Waals surface area contributed by atoms with E-state index in [0.29, 0.717) is 12.0 Å². The molecule has 0 aliphatic carbocycles. The summed E-state index contributed by atoms with van der Waals surface area (Å²) in [5.74, 6) is -0.0962. The van der Waals surface area contributed by atoms with E-state index < -0.39 is 10.0 Å². The van der Waals surface area contributed by atoms with Gasteiger partial charge in [0.15, 0.2) is 5.78 Å². The van der Waals surface area contributed by atoms with Crippen molar-refractivity contribution in [3.63, 3.8) is 0 Å². The molecule has 106 valence electrons. The molecule has 20 heavy (non-hydrogen) atoms. The maximum Gasteiger partial charge on any atom is 0.240 e. The Morgan fingerprint density at radius 1 is 1.30 bits per heavy atom. The number of Topliss-reactive ketones (excluding diaryl/α,β-unsaturated/α-hetero) is 1. The van der Waals surface area contributed by atoms with E-state index in [9.17, 15) is 13.2 Å². The Kier molecular flexibility index (Phi) is 4.31. The number of nitrogens with zero attached hydrogens (tertiary/aromatic N) is 1. The van der Waals surface area contributed by atoms with Crippen LogP contribution in [0.3, 0.4) is 0 Å². The van der Waals surface area contributed by atoms with Crippen molar-refractivity contribution in [3.8, 4) is 0 Å². The van der Waals surface area contributed by atoms with Gasteiger partial charge in [-0.25, -0.2) is 18.1 Å². The van der Waals surface area contributed by atoms with Crippen molar-refractivity contribution in [2.24, 2.45) is 0 Å². The van der Waals surface area contributed by atoms with Crippen molar-refractivity contribution in [2.45, 2.75) is 18.2 Å². The summed E-state index contributed by atoms with van der Waals surface area (Å²) in [5, 5.41) is 0. The molecule has 0 spiro atoms. The Balaban J connectivity index is 2.00. The highest BCUT2D eigenvalue weighted by molar-refractivity contribution is 7.89. The summed E-state index contributed by atoms with van der Waals surface area (Å²) in [5.41, 5.74) is 1.35. The van der Waals surface area contributed by atoms with Gasteiger partial charge in [-0.15, -0.1) is 0 Å². The lowest BCUT2D eigenvalue weighted by molar-refractivity contribution is 0.101. The van der Waals surface area contributed by atoms with E-state index in [-0.39, 0.29) is 17.2 Å². The van der Waals surface area contributed by atoms with Gasteiger partial charge in [0.1, 0.15) is 0 Å². The lowest BCUT2D eigenvalue weighted by atomic mass is 10.2. The van der Waals surface area contributed by atoms with E-state index >= 15 is 0 Å². The molecule has 0 aliphatic heterocycles. The Labute approximate surface area is 117 Å². The molecule has 0 bridgehead atoms. The molecule has 7 heteroatoms. The largest absolute Gasteiger partial charge is 0.348 e. The quantitative estimate of drug-likeness (QED) is 0.781. The Bertz CT molecular complexity index is 676. The minimum Gasteiger partial charge on any atom is -0.348 e. The number of sulfonamides is 1. The number of aromatic nitrogens is 2. The Morgan fingerprint density at radius 3 is 2.55 bits per heavy atom. The normalized spacial score (nSPS) is 11.4. The summed E-state index contributed by atoms with van der Waals surface area (Å²) in [7, 11) is -3.55. The van der Waals surface area contributed by atoms with Crippen LogP contribution >= 0.6 is 0 Å². The van der Waals surface area contributed by atoms with E-state index in [1.807, 2.05) is 0 Å². The maximum absolute atomic E-state index is 12.0. The summed E-state index contributed by atoms with van der Waals surface area (Å²) in [6, 6.07) is 5.86.